The molecule has 3 N–H and O–H groups in total. The average molecular weight is 253 g/mol. The van der Waals surface area contributed by atoms with Gasteiger partial charge in [-0.2, -0.15) is 0 Å². The van der Waals surface area contributed by atoms with Crippen molar-refractivity contribution in [3.63, 3.8) is 0 Å². The second-order valence-electron chi connectivity index (χ2n) is 4.00. The number of esters is 1. The van der Waals surface area contributed by atoms with E-state index in [0.717, 1.165) is 0 Å². The van der Waals surface area contributed by atoms with Crippen LogP contribution in [0, 0.1) is 0 Å². The van der Waals surface area contributed by atoms with E-state index in [0.29, 0.717) is 17.1 Å². The molecule has 1 heterocycles. The van der Waals surface area contributed by atoms with Gasteiger partial charge >= 0.3 is 5.97 Å². The van der Waals surface area contributed by atoms with Crippen LogP contribution < -0.4 is 10.6 Å². The Kier molecular flexibility index (Phi) is 4.91. The molecule has 0 amide bonds. The quantitative estimate of drug-likeness (QED) is 0.749. The zero-order chi connectivity index (χ0) is 13.7. The SMILES string of the molecule is CCOC(=O)c1cc(N)cnc1N(C)C(C)CO. The van der Waals surface area contributed by atoms with Crippen molar-refractivity contribution < 1.29 is 14.6 Å². The Bertz CT molecular complexity index is 423. The van der Waals surface area contributed by atoms with E-state index in [2.05, 4.69) is 4.98 Å². The maximum absolute atomic E-state index is 11.8. The van der Waals surface area contributed by atoms with E-state index in [1.165, 1.54) is 12.3 Å². The van der Waals surface area contributed by atoms with Gasteiger partial charge in [0.15, 0.2) is 0 Å². The fraction of sp³-hybridized carbons (Fsp3) is 0.500. The van der Waals surface area contributed by atoms with Gasteiger partial charge in [-0.25, -0.2) is 9.78 Å². The monoisotopic (exact) mass is 253 g/mol. The predicted molar refractivity (Wildman–Crippen MR) is 69.6 cm³/mol. The first-order chi connectivity index (χ1) is 8.51. The lowest BCUT2D eigenvalue weighted by atomic mass is 10.2. The van der Waals surface area contributed by atoms with Gasteiger partial charge in [0, 0.05) is 7.05 Å². The van der Waals surface area contributed by atoms with E-state index in [4.69, 9.17) is 15.6 Å². The first-order valence-corrected chi connectivity index (χ1v) is 5.77. The highest BCUT2D eigenvalue weighted by Gasteiger charge is 2.20. The molecule has 0 aliphatic heterocycles. The first-order valence-electron chi connectivity index (χ1n) is 5.77. The van der Waals surface area contributed by atoms with Gasteiger partial charge < -0.3 is 20.5 Å². The molecule has 0 bridgehead atoms. The van der Waals surface area contributed by atoms with E-state index in [1.54, 1.807) is 18.9 Å². The molecule has 0 fully saturated rings. The molecule has 1 aromatic heterocycles. The summed E-state index contributed by atoms with van der Waals surface area (Å²) >= 11 is 0. The normalized spacial score (nSPS) is 12.0. The van der Waals surface area contributed by atoms with Gasteiger partial charge in [-0.05, 0) is 19.9 Å². The number of anilines is 2. The molecule has 1 atom stereocenters. The number of rotatable bonds is 5. The van der Waals surface area contributed by atoms with E-state index >= 15 is 0 Å². The summed E-state index contributed by atoms with van der Waals surface area (Å²) in [7, 11) is 1.75. The third-order valence-electron chi connectivity index (χ3n) is 2.64. The van der Waals surface area contributed by atoms with E-state index in [1.807, 2.05) is 6.92 Å². The van der Waals surface area contributed by atoms with Gasteiger partial charge in [0.2, 0.25) is 0 Å². The van der Waals surface area contributed by atoms with Crippen LogP contribution in [-0.2, 0) is 4.74 Å². The summed E-state index contributed by atoms with van der Waals surface area (Å²) in [5, 5.41) is 9.14. The molecule has 100 valence electrons. The van der Waals surface area contributed by atoms with Crippen LogP contribution in [-0.4, -0.2) is 42.4 Å². The number of hydrogen-bond acceptors (Lipinski definition) is 6. The lowest BCUT2D eigenvalue weighted by molar-refractivity contribution is 0.0526. The number of aromatic nitrogens is 1. The summed E-state index contributed by atoms with van der Waals surface area (Å²) in [5.41, 5.74) is 6.33. The van der Waals surface area contributed by atoms with Crippen molar-refractivity contribution >= 4 is 17.5 Å². The van der Waals surface area contributed by atoms with Crippen LogP contribution >= 0.6 is 0 Å². The van der Waals surface area contributed by atoms with E-state index in [9.17, 15) is 4.79 Å². The lowest BCUT2D eigenvalue weighted by Crippen LogP contribution is -2.34. The first kappa shape index (κ1) is 14.2. The largest absolute Gasteiger partial charge is 0.462 e. The van der Waals surface area contributed by atoms with Gasteiger partial charge in [0.25, 0.3) is 0 Å². The number of nitrogens with two attached hydrogens (primary N) is 1. The molecule has 0 saturated heterocycles. The molecule has 6 heteroatoms. The topological polar surface area (TPSA) is 88.7 Å². The van der Waals surface area contributed by atoms with E-state index in [-0.39, 0.29) is 19.3 Å². The summed E-state index contributed by atoms with van der Waals surface area (Å²) < 4.78 is 4.96. The average Bonchev–Trinajstić information content (AvgIpc) is 2.37. The maximum Gasteiger partial charge on any atom is 0.341 e. The molecule has 0 aliphatic carbocycles. The summed E-state index contributed by atoms with van der Waals surface area (Å²) in [6, 6.07) is 1.37. The Labute approximate surface area is 106 Å². The number of hydrogen-bond donors (Lipinski definition) is 2. The molecule has 1 rings (SSSR count). The highest BCUT2D eigenvalue weighted by molar-refractivity contribution is 5.95. The minimum atomic E-state index is -0.468. The van der Waals surface area contributed by atoms with Gasteiger partial charge in [-0.1, -0.05) is 0 Å². The molecule has 6 nitrogen and oxygen atoms in total. The maximum atomic E-state index is 11.8. The fourth-order valence-electron chi connectivity index (χ4n) is 1.45. The van der Waals surface area contributed by atoms with Crippen molar-refractivity contribution in [2.75, 3.05) is 30.9 Å². The van der Waals surface area contributed by atoms with Gasteiger partial charge in [0.05, 0.1) is 31.1 Å². The summed E-state index contributed by atoms with van der Waals surface area (Å²) in [6.07, 6.45) is 1.47. The molecule has 0 aromatic carbocycles. The lowest BCUT2D eigenvalue weighted by Gasteiger charge is -2.25. The molecule has 18 heavy (non-hydrogen) atoms. The number of ether oxygens (including phenoxy) is 1. The third-order valence-corrected chi connectivity index (χ3v) is 2.64. The minimum absolute atomic E-state index is 0.0369. The molecule has 1 aromatic rings. The van der Waals surface area contributed by atoms with Crippen molar-refractivity contribution in [3.8, 4) is 0 Å². The van der Waals surface area contributed by atoms with Crippen molar-refractivity contribution in [2.45, 2.75) is 19.9 Å². The minimum Gasteiger partial charge on any atom is -0.462 e. The molecule has 0 saturated carbocycles. The smallest absolute Gasteiger partial charge is 0.341 e. The second-order valence-corrected chi connectivity index (χ2v) is 4.00. The number of pyridine rings is 1. The number of aliphatic hydroxyl groups is 1. The third kappa shape index (κ3) is 3.10. The van der Waals surface area contributed by atoms with Crippen molar-refractivity contribution in [3.05, 3.63) is 17.8 Å². The molecule has 0 aliphatic rings. The van der Waals surface area contributed by atoms with Crippen LogP contribution in [0.4, 0.5) is 11.5 Å². The van der Waals surface area contributed by atoms with Crippen LogP contribution in [0.5, 0.6) is 0 Å². The summed E-state index contributed by atoms with van der Waals surface area (Å²) in [5.74, 6) is -0.0199. The van der Waals surface area contributed by atoms with Crippen molar-refractivity contribution in [1.82, 2.24) is 4.98 Å². The van der Waals surface area contributed by atoms with Crippen LogP contribution in [0.25, 0.3) is 0 Å². The van der Waals surface area contributed by atoms with Gasteiger partial charge in [-0.15, -0.1) is 0 Å². The summed E-state index contributed by atoms with van der Waals surface area (Å²) in [4.78, 5) is 17.7. The van der Waals surface area contributed by atoms with Gasteiger partial charge in [-0.3, -0.25) is 0 Å². The van der Waals surface area contributed by atoms with Crippen molar-refractivity contribution in [1.29, 1.82) is 0 Å². The van der Waals surface area contributed by atoms with Crippen molar-refractivity contribution in [2.24, 2.45) is 0 Å². The second kappa shape index (κ2) is 6.20. The number of nitrogen functional groups attached to an aromatic ring is 1. The van der Waals surface area contributed by atoms with Crippen LogP contribution in [0.3, 0.4) is 0 Å². The Balaban J connectivity index is 3.14. The van der Waals surface area contributed by atoms with Crippen LogP contribution in [0.2, 0.25) is 0 Å². The number of aliphatic hydroxyl groups excluding tert-OH is 1. The molecular weight excluding hydrogens is 234 g/mol. The highest BCUT2D eigenvalue weighted by Crippen LogP contribution is 2.21. The van der Waals surface area contributed by atoms with Crippen LogP contribution in [0.15, 0.2) is 12.3 Å². The number of likely N-dealkylation sites (N-methyl/N-ethyl adjacent to an activating group) is 1. The predicted octanol–water partition coefficient (Wildman–Crippen LogP) is 0.657. The Morgan fingerprint density at radius 2 is 2.33 bits per heavy atom. The van der Waals surface area contributed by atoms with Crippen LogP contribution in [0.1, 0.15) is 24.2 Å². The molecule has 0 spiro atoms. The molecular formula is C12H19N3O3. The fourth-order valence-corrected chi connectivity index (χ4v) is 1.45. The standard InChI is InChI=1S/C12H19N3O3/c1-4-18-12(17)10-5-9(13)6-14-11(10)15(3)8(2)7-16/h5-6,8,16H,4,7,13H2,1-3H3. The summed E-state index contributed by atoms with van der Waals surface area (Å²) in [6.45, 7) is 3.81. The zero-order valence-corrected chi connectivity index (χ0v) is 10.9. The van der Waals surface area contributed by atoms with E-state index < -0.39 is 5.97 Å². The Morgan fingerprint density at radius 1 is 1.67 bits per heavy atom. The highest BCUT2D eigenvalue weighted by atomic mass is 16.5. The number of carbonyl (C=O) groups is 1. The Hall–Kier alpha value is -1.82. The zero-order valence-electron chi connectivity index (χ0n) is 10.9. The Morgan fingerprint density at radius 3 is 2.89 bits per heavy atom. The number of carbonyl (C=O) groups excluding carboxylic acids is 1. The molecule has 1 unspecified atom stereocenters. The number of nitrogens with zero attached hydrogens (tertiary/aromatic N) is 2. The van der Waals surface area contributed by atoms with Gasteiger partial charge in [0.1, 0.15) is 11.4 Å². The molecule has 0 radical (unpaired) electrons.